The summed E-state index contributed by atoms with van der Waals surface area (Å²) in [6.07, 6.45) is 4.10. The fourth-order valence-corrected chi connectivity index (χ4v) is 4.66. The zero-order valence-corrected chi connectivity index (χ0v) is 22.1. The highest BCUT2D eigenvalue weighted by atomic mass is 35.5. The van der Waals surface area contributed by atoms with Gasteiger partial charge in [-0.2, -0.15) is 10.4 Å². The van der Waals surface area contributed by atoms with Gasteiger partial charge in [-0.3, -0.25) is 9.59 Å². The van der Waals surface area contributed by atoms with Crippen LogP contribution >= 0.6 is 11.6 Å². The van der Waals surface area contributed by atoms with E-state index in [0.29, 0.717) is 23.6 Å². The number of pyridine rings is 1. The maximum absolute atomic E-state index is 13.0. The average molecular weight is 530 g/mol. The van der Waals surface area contributed by atoms with Crippen LogP contribution in [0.4, 0.5) is 0 Å². The van der Waals surface area contributed by atoms with Crippen LogP contribution in [0.3, 0.4) is 0 Å². The molecular formula is C29H28ClN5O3. The summed E-state index contributed by atoms with van der Waals surface area (Å²) in [5, 5.41) is 18.6. The molecule has 1 fully saturated rings. The fourth-order valence-electron chi connectivity index (χ4n) is 4.54. The molecule has 4 aromatic rings. The molecule has 0 bridgehead atoms. The highest BCUT2D eigenvalue weighted by molar-refractivity contribution is 6.30. The minimum absolute atomic E-state index is 0.0188. The second-order valence-corrected chi connectivity index (χ2v) is 10.6. The Hall–Kier alpha value is -4.09. The van der Waals surface area contributed by atoms with E-state index >= 15 is 0 Å². The van der Waals surface area contributed by atoms with Crippen LogP contribution in [0.5, 0.6) is 5.75 Å². The lowest BCUT2D eigenvalue weighted by Crippen LogP contribution is -2.47. The number of carbonyl (C=O) groups is 1. The molecule has 9 heteroatoms. The van der Waals surface area contributed by atoms with Crippen LogP contribution in [-0.2, 0) is 11.8 Å². The van der Waals surface area contributed by atoms with Gasteiger partial charge >= 0.3 is 0 Å². The van der Waals surface area contributed by atoms with Crippen molar-refractivity contribution in [3.8, 4) is 17.5 Å². The summed E-state index contributed by atoms with van der Waals surface area (Å²) in [6, 6.07) is 18.1. The van der Waals surface area contributed by atoms with Gasteiger partial charge in [0, 0.05) is 29.7 Å². The fraction of sp³-hybridized carbons (Fsp3) is 0.310. The number of hydrogen-bond acceptors (Lipinski definition) is 5. The standard InChI is InChI=1S/C29H28ClN5O3/c1-18(2)26(33-28(37)29(17-31)12-13-29)27(19-4-6-21(30)7-5-19)38-23-9-10-24-20(14-23)15-32-35(24)22-8-11-25(36)34(3)16-22/h4-11,14-16,18,26-27H,12-13H2,1-3H3,(H,33,37)/t26-,27+/m0/s1. The van der Waals surface area contributed by atoms with Gasteiger partial charge in [0.25, 0.3) is 0 Å². The van der Waals surface area contributed by atoms with Crippen molar-refractivity contribution >= 4 is 28.4 Å². The number of hydrogen-bond donors (Lipinski definition) is 1. The van der Waals surface area contributed by atoms with Gasteiger partial charge in [-0.05, 0) is 60.7 Å². The summed E-state index contributed by atoms with van der Waals surface area (Å²) in [7, 11) is 1.70. The molecule has 0 saturated heterocycles. The van der Waals surface area contributed by atoms with Crippen LogP contribution in [-0.4, -0.2) is 26.3 Å². The van der Waals surface area contributed by atoms with Crippen LogP contribution in [0.2, 0.25) is 5.02 Å². The Labute approximate surface area is 225 Å². The van der Waals surface area contributed by atoms with E-state index < -0.39 is 17.6 Å². The lowest BCUT2D eigenvalue weighted by Gasteiger charge is -2.32. The Bertz CT molecular complexity index is 1600. The minimum atomic E-state index is -0.938. The zero-order valence-electron chi connectivity index (χ0n) is 21.4. The molecule has 38 heavy (non-hydrogen) atoms. The number of nitriles is 1. The van der Waals surface area contributed by atoms with Crippen LogP contribution < -0.4 is 15.6 Å². The number of fused-ring (bicyclic) bond motifs is 1. The molecule has 1 aliphatic carbocycles. The summed E-state index contributed by atoms with van der Waals surface area (Å²) in [5.74, 6) is 0.374. The quantitative estimate of drug-likeness (QED) is 0.348. The van der Waals surface area contributed by atoms with Gasteiger partial charge in [0.15, 0.2) is 0 Å². The molecule has 0 unspecified atom stereocenters. The number of halogens is 1. The van der Waals surface area contributed by atoms with Gasteiger partial charge in [-0.1, -0.05) is 37.6 Å². The van der Waals surface area contributed by atoms with Crippen LogP contribution in [0, 0.1) is 22.7 Å². The van der Waals surface area contributed by atoms with Crippen molar-refractivity contribution in [3.05, 3.63) is 87.9 Å². The summed E-state index contributed by atoms with van der Waals surface area (Å²) in [5.41, 5.74) is 1.45. The van der Waals surface area contributed by atoms with Crippen molar-refractivity contribution in [1.82, 2.24) is 19.7 Å². The largest absolute Gasteiger partial charge is 0.484 e. The number of amides is 1. The first-order valence-corrected chi connectivity index (χ1v) is 12.9. The molecule has 0 radical (unpaired) electrons. The monoisotopic (exact) mass is 529 g/mol. The number of nitrogens with zero attached hydrogens (tertiary/aromatic N) is 4. The lowest BCUT2D eigenvalue weighted by molar-refractivity contribution is -0.126. The van der Waals surface area contributed by atoms with E-state index in [0.717, 1.165) is 22.2 Å². The van der Waals surface area contributed by atoms with E-state index in [4.69, 9.17) is 16.3 Å². The zero-order chi connectivity index (χ0) is 27.0. The first-order valence-electron chi connectivity index (χ1n) is 12.5. The normalized spacial score (nSPS) is 15.6. The first kappa shape index (κ1) is 25.6. The Kier molecular flexibility index (Phi) is 6.72. The number of aryl methyl sites for hydroxylation is 1. The Morgan fingerprint density at radius 1 is 1.16 bits per heavy atom. The molecule has 2 atom stereocenters. The highest BCUT2D eigenvalue weighted by Gasteiger charge is 2.51. The number of aromatic nitrogens is 3. The molecule has 1 N–H and O–H groups in total. The third-order valence-electron chi connectivity index (χ3n) is 7.06. The molecule has 1 amide bonds. The maximum atomic E-state index is 13.0. The van der Waals surface area contributed by atoms with E-state index in [1.165, 1.54) is 10.6 Å². The van der Waals surface area contributed by atoms with E-state index in [-0.39, 0.29) is 17.4 Å². The number of benzene rings is 2. The van der Waals surface area contributed by atoms with Crippen molar-refractivity contribution in [2.24, 2.45) is 18.4 Å². The molecule has 1 saturated carbocycles. The SMILES string of the molecule is CC(C)[C@H](NC(=O)C1(C#N)CC1)[C@H](Oc1ccc2c(cnn2-c2ccc(=O)n(C)c2)c1)c1ccc(Cl)cc1. The highest BCUT2D eigenvalue weighted by Crippen LogP contribution is 2.45. The molecule has 5 rings (SSSR count). The van der Waals surface area contributed by atoms with Gasteiger partial charge in [0.1, 0.15) is 17.3 Å². The van der Waals surface area contributed by atoms with Crippen molar-refractivity contribution in [1.29, 1.82) is 5.26 Å². The molecule has 8 nitrogen and oxygen atoms in total. The van der Waals surface area contributed by atoms with E-state index in [9.17, 15) is 14.9 Å². The second kappa shape index (κ2) is 9.99. The van der Waals surface area contributed by atoms with Crippen molar-refractivity contribution in [3.63, 3.8) is 0 Å². The minimum Gasteiger partial charge on any atom is -0.484 e. The van der Waals surface area contributed by atoms with Crippen LogP contribution in [0.15, 0.2) is 71.8 Å². The topological polar surface area (TPSA) is 102 Å². The number of ether oxygens (including phenoxy) is 1. The van der Waals surface area contributed by atoms with Crippen LogP contribution in [0.1, 0.15) is 38.4 Å². The molecule has 1 aliphatic rings. The van der Waals surface area contributed by atoms with E-state index in [2.05, 4.69) is 16.5 Å². The Morgan fingerprint density at radius 3 is 2.53 bits per heavy atom. The smallest absolute Gasteiger partial charge is 0.250 e. The Morgan fingerprint density at radius 2 is 1.89 bits per heavy atom. The number of nitrogens with one attached hydrogen (secondary N) is 1. The first-order chi connectivity index (χ1) is 18.2. The molecule has 0 spiro atoms. The van der Waals surface area contributed by atoms with Crippen molar-refractivity contribution < 1.29 is 9.53 Å². The van der Waals surface area contributed by atoms with E-state index in [1.807, 2.05) is 44.2 Å². The molecule has 2 aromatic carbocycles. The summed E-state index contributed by atoms with van der Waals surface area (Å²) < 4.78 is 9.84. The molecule has 0 aliphatic heterocycles. The van der Waals surface area contributed by atoms with Crippen LogP contribution in [0.25, 0.3) is 16.6 Å². The predicted octanol–water partition coefficient (Wildman–Crippen LogP) is 4.94. The van der Waals surface area contributed by atoms with Gasteiger partial charge in [-0.25, -0.2) is 4.68 Å². The lowest BCUT2D eigenvalue weighted by atomic mass is 9.92. The number of carbonyl (C=O) groups excluding carboxylic acids is 1. The molecular weight excluding hydrogens is 502 g/mol. The van der Waals surface area contributed by atoms with Crippen molar-refractivity contribution in [2.75, 3.05) is 0 Å². The van der Waals surface area contributed by atoms with Crippen molar-refractivity contribution in [2.45, 2.75) is 38.8 Å². The molecule has 2 heterocycles. The Balaban J connectivity index is 1.48. The number of rotatable bonds is 8. The summed E-state index contributed by atoms with van der Waals surface area (Å²) >= 11 is 6.15. The van der Waals surface area contributed by atoms with E-state index in [1.54, 1.807) is 42.3 Å². The van der Waals surface area contributed by atoms with Gasteiger partial charge < -0.3 is 14.6 Å². The summed E-state index contributed by atoms with van der Waals surface area (Å²) in [6.45, 7) is 4.03. The summed E-state index contributed by atoms with van der Waals surface area (Å²) in [4.78, 5) is 24.8. The molecule has 194 valence electrons. The third kappa shape index (κ3) is 4.90. The maximum Gasteiger partial charge on any atom is 0.250 e. The van der Waals surface area contributed by atoms with Gasteiger partial charge in [-0.15, -0.1) is 0 Å². The van der Waals surface area contributed by atoms with Gasteiger partial charge in [0.2, 0.25) is 11.5 Å². The third-order valence-corrected chi connectivity index (χ3v) is 7.31. The average Bonchev–Trinajstić information content (AvgIpc) is 3.60. The van der Waals surface area contributed by atoms with Gasteiger partial charge in [0.05, 0.1) is 29.5 Å². The predicted molar refractivity (Wildman–Crippen MR) is 145 cm³/mol. The molecule has 2 aromatic heterocycles. The second-order valence-electron chi connectivity index (χ2n) is 10.1.